The highest BCUT2D eigenvalue weighted by Crippen LogP contribution is 2.26. The molecular weight excluding hydrogens is 328 g/mol. The molecule has 3 rings (SSSR count). The first-order valence-corrected chi connectivity index (χ1v) is 8.90. The first kappa shape index (κ1) is 18.0. The lowest BCUT2D eigenvalue weighted by atomic mass is 9.96. The molecule has 0 aliphatic carbocycles. The van der Waals surface area contributed by atoms with Crippen LogP contribution in [0.5, 0.6) is 5.75 Å². The summed E-state index contributed by atoms with van der Waals surface area (Å²) in [6.07, 6.45) is 1.52. The van der Waals surface area contributed by atoms with Gasteiger partial charge in [0.05, 0.1) is 11.6 Å². The van der Waals surface area contributed by atoms with Crippen LogP contribution in [0.2, 0.25) is 0 Å². The largest absolute Gasteiger partial charge is 0.506 e. The van der Waals surface area contributed by atoms with Crippen LogP contribution in [-0.2, 0) is 4.79 Å². The van der Waals surface area contributed by atoms with Crippen molar-refractivity contribution in [3.05, 3.63) is 59.2 Å². The zero-order valence-electron chi connectivity index (χ0n) is 15.2. The quantitative estimate of drug-likeness (QED) is 0.831. The Hall–Kier alpha value is -2.82. The number of phenolic OH excluding ortho intramolecular Hbond substituents is 1. The maximum atomic E-state index is 12.7. The van der Waals surface area contributed by atoms with E-state index in [2.05, 4.69) is 5.32 Å². The second-order valence-electron chi connectivity index (χ2n) is 6.97. The lowest BCUT2D eigenvalue weighted by Gasteiger charge is -2.32. The smallest absolute Gasteiger partial charge is 0.253 e. The molecule has 1 saturated heterocycles. The normalized spacial score (nSPS) is 17.0. The lowest BCUT2D eigenvalue weighted by molar-refractivity contribution is -0.121. The van der Waals surface area contributed by atoms with Crippen LogP contribution in [-0.4, -0.2) is 34.9 Å². The molecule has 1 fully saturated rings. The van der Waals surface area contributed by atoms with E-state index >= 15 is 0 Å². The fraction of sp³-hybridized carbons (Fsp3) is 0.333. The molecule has 1 unspecified atom stereocenters. The molecule has 2 aromatic rings. The number of likely N-dealkylation sites (tertiary alicyclic amines) is 1. The van der Waals surface area contributed by atoms with Crippen LogP contribution in [0.4, 0.5) is 5.69 Å². The van der Waals surface area contributed by atoms with Gasteiger partial charge in [0.15, 0.2) is 0 Å². The molecule has 0 saturated carbocycles. The summed E-state index contributed by atoms with van der Waals surface area (Å²) in [5.41, 5.74) is 3.08. The molecular formula is C21H24N2O3. The number of carbonyl (C=O) groups is 2. The molecule has 26 heavy (non-hydrogen) atoms. The molecule has 2 aromatic carbocycles. The molecule has 5 nitrogen and oxygen atoms in total. The summed E-state index contributed by atoms with van der Waals surface area (Å²) in [6.45, 7) is 4.91. The summed E-state index contributed by atoms with van der Waals surface area (Å²) in [5.74, 6) is -0.424. The lowest BCUT2D eigenvalue weighted by Crippen LogP contribution is -2.43. The molecule has 0 aromatic heterocycles. The predicted molar refractivity (Wildman–Crippen MR) is 101 cm³/mol. The van der Waals surface area contributed by atoms with Crippen molar-refractivity contribution in [2.24, 2.45) is 5.92 Å². The van der Waals surface area contributed by atoms with Gasteiger partial charge in [-0.2, -0.15) is 0 Å². The third kappa shape index (κ3) is 4.04. The Bertz CT molecular complexity index is 815. The summed E-state index contributed by atoms with van der Waals surface area (Å²) in [4.78, 5) is 27.0. The van der Waals surface area contributed by atoms with Crippen molar-refractivity contribution in [2.75, 3.05) is 18.4 Å². The Morgan fingerprint density at radius 1 is 1.08 bits per heavy atom. The van der Waals surface area contributed by atoms with E-state index in [9.17, 15) is 14.7 Å². The Morgan fingerprint density at radius 2 is 1.77 bits per heavy atom. The number of carbonyl (C=O) groups excluding carboxylic acids is 2. The van der Waals surface area contributed by atoms with Crippen molar-refractivity contribution in [1.29, 1.82) is 0 Å². The van der Waals surface area contributed by atoms with Crippen LogP contribution in [0.15, 0.2) is 42.5 Å². The molecule has 1 aliphatic heterocycles. The van der Waals surface area contributed by atoms with Gasteiger partial charge in [-0.15, -0.1) is 0 Å². The standard InChI is InChI=1S/C21H24N2O3/c1-14-5-8-16(9-6-14)21(26)23-11-3-4-17(13-23)20(25)22-18-10-7-15(2)12-19(18)24/h5-10,12,17,24H,3-4,11,13H2,1-2H3,(H,22,25). The Morgan fingerprint density at radius 3 is 2.46 bits per heavy atom. The monoisotopic (exact) mass is 352 g/mol. The van der Waals surface area contributed by atoms with Gasteiger partial charge in [-0.1, -0.05) is 23.8 Å². The van der Waals surface area contributed by atoms with Gasteiger partial charge in [-0.3, -0.25) is 9.59 Å². The summed E-state index contributed by atoms with van der Waals surface area (Å²) in [6, 6.07) is 12.6. The highest BCUT2D eigenvalue weighted by Gasteiger charge is 2.29. The van der Waals surface area contributed by atoms with Crippen molar-refractivity contribution < 1.29 is 14.7 Å². The van der Waals surface area contributed by atoms with Gasteiger partial charge in [0.1, 0.15) is 5.75 Å². The number of hydrogen-bond donors (Lipinski definition) is 2. The highest BCUT2D eigenvalue weighted by atomic mass is 16.3. The number of aromatic hydroxyl groups is 1. The maximum absolute atomic E-state index is 12.7. The number of phenols is 1. The number of rotatable bonds is 3. The third-order valence-electron chi connectivity index (χ3n) is 4.79. The number of hydrogen-bond acceptors (Lipinski definition) is 3. The zero-order chi connectivity index (χ0) is 18.7. The van der Waals surface area contributed by atoms with Crippen molar-refractivity contribution in [2.45, 2.75) is 26.7 Å². The number of anilines is 1. The second-order valence-corrected chi connectivity index (χ2v) is 6.97. The Labute approximate surface area is 153 Å². The van der Waals surface area contributed by atoms with Crippen LogP contribution in [0, 0.1) is 19.8 Å². The molecule has 1 aliphatic rings. The SMILES string of the molecule is Cc1ccc(C(=O)N2CCCC(C(=O)Nc3ccc(C)cc3O)C2)cc1. The third-order valence-corrected chi connectivity index (χ3v) is 4.79. The van der Waals surface area contributed by atoms with E-state index in [0.29, 0.717) is 24.3 Å². The second kappa shape index (κ2) is 7.60. The fourth-order valence-electron chi connectivity index (χ4n) is 3.24. The van der Waals surface area contributed by atoms with Gasteiger partial charge >= 0.3 is 0 Å². The number of amides is 2. The fourth-order valence-corrected chi connectivity index (χ4v) is 3.24. The highest BCUT2D eigenvalue weighted by molar-refractivity contribution is 5.96. The molecule has 1 heterocycles. The minimum atomic E-state index is -0.279. The van der Waals surface area contributed by atoms with E-state index in [0.717, 1.165) is 24.0 Å². The summed E-state index contributed by atoms with van der Waals surface area (Å²) in [5, 5.41) is 12.8. The zero-order valence-corrected chi connectivity index (χ0v) is 15.2. The molecule has 2 N–H and O–H groups in total. The summed E-state index contributed by atoms with van der Waals surface area (Å²) < 4.78 is 0. The summed E-state index contributed by atoms with van der Waals surface area (Å²) >= 11 is 0. The molecule has 5 heteroatoms. The molecule has 2 amide bonds. The van der Waals surface area contributed by atoms with E-state index in [1.165, 1.54) is 0 Å². The number of piperidine rings is 1. The average molecular weight is 352 g/mol. The van der Waals surface area contributed by atoms with E-state index in [1.807, 2.05) is 44.2 Å². The van der Waals surface area contributed by atoms with Gasteiger partial charge in [0.25, 0.3) is 5.91 Å². The van der Waals surface area contributed by atoms with Crippen LogP contribution < -0.4 is 5.32 Å². The topological polar surface area (TPSA) is 69.6 Å². The van der Waals surface area contributed by atoms with E-state index in [-0.39, 0.29) is 23.5 Å². The van der Waals surface area contributed by atoms with Gasteiger partial charge < -0.3 is 15.3 Å². The number of benzene rings is 2. The first-order chi connectivity index (χ1) is 12.4. The van der Waals surface area contributed by atoms with Crippen molar-refractivity contribution >= 4 is 17.5 Å². The van der Waals surface area contributed by atoms with Crippen molar-refractivity contribution in [3.8, 4) is 5.75 Å². The van der Waals surface area contributed by atoms with Crippen LogP contribution in [0.25, 0.3) is 0 Å². The van der Waals surface area contributed by atoms with Crippen LogP contribution in [0.1, 0.15) is 34.3 Å². The number of nitrogens with one attached hydrogen (secondary N) is 1. The Kier molecular flexibility index (Phi) is 5.26. The van der Waals surface area contributed by atoms with Crippen molar-refractivity contribution in [3.63, 3.8) is 0 Å². The number of nitrogens with zero attached hydrogens (tertiary/aromatic N) is 1. The Balaban J connectivity index is 1.66. The van der Waals surface area contributed by atoms with E-state index in [4.69, 9.17) is 0 Å². The minimum absolute atomic E-state index is 0.0410. The van der Waals surface area contributed by atoms with E-state index < -0.39 is 0 Å². The molecule has 1 atom stereocenters. The van der Waals surface area contributed by atoms with Gasteiger partial charge in [0, 0.05) is 18.7 Å². The predicted octanol–water partition coefficient (Wildman–Crippen LogP) is 3.50. The van der Waals surface area contributed by atoms with Crippen LogP contribution in [0.3, 0.4) is 0 Å². The minimum Gasteiger partial charge on any atom is -0.506 e. The van der Waals surface area contributed by atoms with Gasteiger partial charge in [0.2, 0.25) is 5.91 Å². The van der Waals surface area contributed by atoms with Crippen molar-refractivity contribution in [1.82, 2.24) is 4.90 Å². The van der Waals surface area contributed by atoms with Crippen LogP contribution >= 0.6 is 0 Å². The first-order valence-electron chi connectivity index (χ1n) is 8.90. The van der Waals surface area contributed by atoms with Gasteiger partial charge in [-0.05, 0) is 56.5 Å². The molecule has 0 radical (unpaired) electrons. The summed E-state index contributed by atoms with van der Waals surface area (Å²) in [7, 11) is 0. The van der Waals surface area contributed by atoms with E-state index in [1.54, 1.807) is 17.0 Å². The van der Waals surface area contributed by atoms with Gasteiger partial charge in [-0.25, -0.2) is 0 Å². The average Bonchev–Trinajstić information content (AvgIpc) is 2.64. The molecule has 0 spiro atoms. The molecule has 0 bridgehead atoms. The molecule has 136 valence electrons. The maximum Gasteiger partial charge on any atom is 0.253 e. The number of aryl methyl sites for hydroxylation is 2.